The third-order valence-electron chi connectivity index (χ3n) is 5.30. The number of hydrogen-bond donors (Lipinski definition) is 2. The van der Waals surface area contributed by atoms with Gasteiger partial charge in [0.1, 0.15) is 11.5 Å². The fraction of sp³-hybridized carbons (Fsp3) is 0.103. The van der Waals surface area contributed by atoms with Crippen LogP contribution in [0.25, 0.3) is 22.3 Å². The summed E-state index contributed by atoms with van der Waals surface area (Å²) in [4.78, 5) is 24.6. The van der Waals surface area contributed by atoms with Gasteiger partial charge in [-0.2, -0.15) is 0 Å². The van der Waals surface area contributed by atoms with Gasteiger partial charge in [0.05, 0.1) is 0 Å². The number of carbonyl (C=O) groups is 2. The zero-order valence-corrected chi connectivity index (χ0v) is 19.3. The van der Waals surface area contributed by atoms with E-state index in [1.165, 1.54) is 0 Å². The number of hydrazine groups is 1. The first-order valence-electron chi connectivity index (χ1n) is 11.3. The minimum absolute atomic E-state index is 0.250. The van der Waals surface area contributed by atoms with Gasteiger partial charge in [-0.1, -0.05) is 91.0 Å². The molecular weight excluding hydrogens is 440 g/mol. The van der Waals surface area contributed by atoms with E-state index >= 15 is 0 Å². The summed E-state index contributed by atoms with van der Waals surface area (Å²) in [7, 11) is 0. The molecule has 4 aromatic carbocycles. The van der Waals surface area contributed by atoms with Crippen LogP contribution in [0.1, 0.15) is 6.92 Å². The number of hydrogen-bond acceptors (Lipinski definition) is 4. The molecule has 35 heavy (non-hydrogen) atoms. The van der Waals surface area contributed by atoms with Crippen molar-refractivity contribution in [2.75, 3.05) is 6.61 Å². The van der Waals surface area contributed by atoms with Gasteiger partial charge in [-0.15, -0.1) is 0 Å². The standard InChI is InChI=1S/C29H26N2O4/c1-21(35-25-18-16-23(17-19-25)22-10-4-2-5-11-22)29(33)31-30-28(32)20-34-27-15-9-8-14-26(27)24-12-6-3-7-13-24/h2-19,21H,20H2,1H3,(H,30,32)(H,31,33). The first-order valence-corrected chi connectivity index (χ1v) is 11.3. The second-order valence-electron chi connectivity index (χ2n) is 7.84. The van der Waals surface area contributed by atoms with Crippen LogP contribution < -0.4 is 20.3 Å². The van der Waals surface area contributed by atoms with Crippen molar-refractivity contribution in [3.05, 3.63) is 109 Å². The molecule has 6 nitrogen and oxygen atoms in total. The van der Waals surface area contributed by atoms with E-state index in [1.54, 1.807) is 13.0 Å². The van der Waals surface area contributed by atoms with Gasteiger partial charge in [0.2, 0.25) is 0 Å². The molecule has 0 aromatic heterocycles. The molecule has 176 valence electrons. The van der Waals surface area contributed by atoms with Crippen LogP contribution in [0.5, 0.6) is 11.5 Å². The minimum Gasteiger partial charge on any atom is -0.483 e. The van der Waals surface area contributed by atoms with E-state index < -0.39 is 17.9 Å². The van der Waals surface area contributed by atoms with Crippen LogP contribution in [0.3, 0.4) is 0 Å². The third-order valence-corrected chi connectivity index (χ3v) is 5.30. The van der Waals surface area contributed by atoms with Crippen molar-refractivity contribution < 1.29 is 19.1 Å². The lowest BCUT2D eigenvalue weighted by molar-refractivity contribution is -0.133. The second-order valence-corrected chi connectivity index (χ2v) is 7.84. The van der Waals surface area contributed by atoms with Crippen LogP contribution in [0.4, 0.5) is 0 Å². The summed E-state index contributed by atoms with van der Waals surface area (Å²) >= 11 is 0. The number of amides is 2. The van der Waals surface area contributed by atoms with Crippen LogP contribution in [-0.4, -0.2) is 24.5 Å². The summed E-state index contributed by atoms with van der Waals surface area (Å²) in [6.45, 7) is 1.36. The Morgan fingerprint density at radius 3 is 1.94 bits per heavy atom. The monoisotopic (exact) mass is 466 g/mol. The highest BCUT2D eigenvalue weighted by atomic mass is 16.5. The highest BCUT2D eigenvalue weighted by molar-refractivity contribution is 5.85. The predicted octanol–water partition coefficient (Wildman–Crippen LogP) is 5.01. The molecule has 4 rings (SSSR count). The van der Waals surface area contributed by atoms with Gasteiger partial charge in [0, 0.05) is 5.56 Å². The molecule has 0 aliphatic heterocycles. The lowest BCUT2D eigenvalue weighted by Gasteiger charge is -2.16. The van der Waals surface area contributed by atoms with Crippen molar-refractivity contribution in [2.24, 2.45) is 0 Å². The van der Waals surface area contributed by atoms with E-state index in [0.717, 1.165) is 22.3 Å². The van der Waals surface area contributed by atoms with Gasteiger partial charge in [-0.3, -0.25) is 20.4 Å². The smallest absolute Gasteiger partial charge is 0.279 e. The van der Waals surface area contributed by atoms with Crippen LogP contribution in [0.15, 0.2) is 109 Å². The Morgan fingerprint density at radius 1 is 0.686 bits per heavy atom. The zero-order chi connectivity index (χ0) is 24.5. The maximum Gasteiger partial charge on any atom is 0.279 e. The topological polar surface area (TPSA) is 76.7 Å². The minimum atomic E-state index is -0.808. The van der Waals surface area contributed by atoms with Gasteiger partial charge in [0.25, 0.3) is 11.8 Å². The molecule has 0 spiro atoms. The Balaban J connectivity index is 1.25. The maximum absolute atomic E-state index is 12.4. The lowest BCUT2D eigenvalue weighted by Crippen LogP contribution is -2.48. The van der Waals surface area contributed by atoms with Crippen LogP contribution >= 0.6 is 0 Å². The molecule has 2 amide bonds. The molecule has 0 heterocycles. The van der Waals surface area contributed by atoms with E-state index in [9.17, 15) is 9.59 Å². The molecule has 0 aliphatic rings. The number of rotatable bonds is 8. The van der Waals surface area contributed by atoms with E-state index in [1.807, 2.05) is 103 Å². The van der Waals surface area contributed by atoms with E-state index in [-0.39, 0.29) is 6.61 Å². The molecule has 0 fully saturated rings. The summed E-state index contributed by atoms with van der Waals surface area (Å²) in [5, 5.41) is 0. The Morgan fingerprint density at radius 2 is 1.26 bits per heavy atom. The molecule has 0 saturated carbocycles. The summed E-state index contributed by atoms with van der Waals surface area (Å²) in [6.07, 6.45) is -0.808. The molecule has 1 atom stereocenters. The highest BCUT2D eigenvalue weighted by Crippen LogP contribution is 2.29. The largest absolute Gasteiger partial charge is 0.483 e. The van der Waals surface area contributed by atoms with E-state index in [2.05, 4.69) is 10.9 Å². The number of ether oxygens (including phenoxy) is 2. The van der Waals surface area contributed by atoms with Gasteiger partial charge in [-0.05, 0) is 41.8 Å². The van der Waals surface area contributed by atoms with E-state index in [4.69, 9.17) is 9.47 Å². The molecule has 6 heteroatoms. The van der Waals surface area contributed by atoms with Gasteiger partial charge < -0.3 is 9.47 Å². The van der Waals surface area contributed by atoms with Crippen molar-refractivity contribution in [1.82, 2.24) is 10.9 Å². The maximum atomic E-state index is 12.4. The van der Waals surface area contributed by atoms with Crippen molar-refractivity contribution in [3.8, 4) is 33.8 Å². The number of benzene rings is 4. The molecule has 1 unspecified atom stereocenters. The molecule has 2 N–H and O–H groups in total. The summed E-state index contributed by atoms with van der Waals surface area (Å²) in [6, 6.07) is 34.7. The lowest BCUT2D eigenvalue weighted by atomic mass is 10.1. The quantitative estimate of drug-likeness (QED) is 0.358. The summed E-state index contributed by atoms with van der Waals surface area (Å²) in [5.41, 5.74) is 8.76. The summed E-state index contributed by atoms with van der Waals surface area (Å²) < 4.78 is 11.4. The Labute approximate surface area is 204 Å². The van der Waals surface area contributed by atoms with E-state index in [0.29, 0.717) is 11.5 Å². The van der Waals surface area contributed by atoms with Gasteiger partial charge in [0.15, 0.2) is 12.7 Å². The summed E-state index contributed by atoms with van der Waals surface area (Å²) in [5.74, 6) is 0.172. The number of nitrogens with one attached hydrogen (secondary N) is 2. The van der Waals surface area contributed by atoms with Crippen molar-refractivity contribution in [3.63, 3.8) is 0 Å². The molecule has 0 saturated heterocycles. The third kappa shape index (κ3) is 6.48. The van der Waals surface area contributed by atoms with Crippen molar-refractivity contribution in [2.45, 2.75) is 13.0 Å². The fourth-order valence-electron chi connectivity index (χ4n) is 3.48. The molecule has 4 aromatic rings. The van der Waals surface area contributed by atoms with Crippen LogP contribution in [-0.2, 0) is 9.59 Å². The number of para-hydroxylation sites is 1. The zero-order valence-electron chi connectivity index (χ0n) is 19.3. The molecule has 0 radical (unpaired) electrons. The highest BCUT2D eigenvalue weighted by Gasteiger charge is 2.16. The number of carbonyl (C=O) groups excluding carboxylic acids is 2. The average molecular weight is 467 g/mol. The normalized spacial score (nSPS) is 11.2. The van der Waals surface area contributed by atoms with Crippen molar-refractivity contribution in [1.29, 1.82) is 0 Å². The van der Waals surface area contributed by atoms with Crippen molar-refractivity contribution >= 4 is 11.8 Å². The Hall–Kier alpha value is -4.58. The second kappa shape index (κ2) is 11.5. The average Bonchev–Trinajstić information content (AvgIpc) is 2.92. The molecule has 0 bridgehead atoms. The molecular formula is C29H26N2O4. The van der Waals surface area contributed by atoms with Crippen LogP contribution in [0.2, 0.25) is 0 Å². The fourth-order valence-corrected chi connectivity index (χ4v) is 3.48. The van der Waals surface area contributed by atoms with Gasteiger partial charge in [-0.25, -0.2) is 0 Å². The van der Waals surface area contributed by atoms with Gasteiger partial charge >= 0.3 is 0 Å². The predicted molar refractivity (Wildman–Crippen MR) is 136 cm³/mol. The molecule has 0 aliphatic carbocycles. The SMILES string of the molecule is CC(Oc1ccc(-c2ccccc2)cc1)C(=O)NNC(=O)COc1ccccc1-c1ccccc1. The Bertz CT molecular complexity index is 1260. The van der Waals surface area contributed by atoms with Crippen LogP contribution in [0, 0.1) is 0 Å². The Kier molecular flexibility index (Phi) is 7.76. The first-order chi connectivity index (χ1) is 17.1. The first kappa shape index (κ1) is 23.6.